The zero-order valence-electron chi connectivity index (χ0n) is 6.27. The zero-order valence-corrected chi connectivity index (χ0v) is 7.90. The van der Waals surface area contributed by atoms with Crippen LogP contribution in [0.3, 0.4) is 0 Å². The predicted molar refractivity (Wildman–Crippen MR) is 51.6 cm³/mol. The van der Waals surface area contributed by atoms with Gasteiger partial charge in [0, 0.05) is 11.9 Å². The third kappa shape index (κ3) is 4.93. The van der Waals surface area contributed by atoms with Crippen molar-refractivity contribution in [2.45, 2.75) is 6.42 Å². The molecule has 0 saturated carbocycles. The molecule has 0 unspecified atom stereocenters. The molecule has 3 nitrogen and oxygen atoms in total. The third-order valence-electron chi connectivity index (χ3n) is 1.08. The van der Waals surface area contributed by atoms with Gasteiger partial charge in [-0.2, -0.15) is 0 Å². The number of pyridine rings is 1. The standard InChI is InChI=1S/C7H8N2O.2ClH/c8-7(10)5-6-3-1-2-4-9-6;;/h1-4H,5H2,(H2,8,10);2*1H. The van der Waals surface area contributed by atoms with Crippen molar-refractivity contribution in [3.05, 3.63) is 30.1 Å². The van der Waals surface area contributed by atoms with Crippen molar-refractivity contribution in [1.82, 2.24) is 4.98 Å². The van der Waals surface area contributed by atoms with Crippen molar-refractivity contribution in [1.29, 1.82) is 0 Å². The van der Waals surface area contributed by atoms with Crippen LogP contribution in [0.15, 0.2) is 24.4 Å². The average molecular weight is 209 g/mol. The van der Waals surface area contributed by atoms with E-state index >= 15 is 0 Å². The van der Waals surface area contributed by atoms with Gasteiger partial charge >= 0.3 is 0 Å². The van der Waals surface area contributed by atoms with E-state index in [4.69, 9.17) is 5.73 Å². The van der Waals surface area contributed by atoms with Gasteiger partial charge in [-0.15, -0.1) is 24.8 Å². The number of nitrogens with two attached hydrogens (primary N) is 1. The molecule has 1 amide bonds. The van der Waals surface area contributed by atoms with E-state index in [-0.39, 0.29) is 37.1 Å². The largest absolute Gasteiger partial charge is 0.369 e. The van der Waals surface area contributed by atoms with Crippen LogP contribution in [-0.4, -0.2) is 10.9 Å². The number of nitrogens with zero attached hydrogens (tertiary/aromatic N) is 1. The first-order chi connectivity index (χ1) is 4.79. The van der Waals surface area contributed by atoms with E-state index in [2.05, 4.69) is 4.98 Å². The number of hydrogen-bond donors (Lipinski definition) is 1. The summed E-state index contributed by atoms with van der Waals surface area (Å²) in [7, 11) is 0. The van der Waals surface area contributed by atoms with Crippen molar-refractivity contribution in [3.8, 4) is 0 Å². The van der Waals surface area contributed by atoms with Crippen LogP contribution < -0.4 is 5.73 Å². The second-order valence-corrected chi connectivity index (χ2v) is 1.96. The molecule has 0 aliphatic heterocycles. The summed E-state index contributed by atoms with van der Waals surface area (Å²) in [4.78, 5) is 14.3. The first kappa shape index (κ1) is 13.8. The number of hydrogen-bond acceptors (Lipinski definition) is 2. The van der Waals surface area contributed by atoms with Crippen molar-refractivity contribution < 1.29 is 4.79 Å². The minimum absolute atomic E-state index is 0. The number of aromatic nitrogens is 1. The fraction of sp³-hybridized carbons (Fsp3) is 0.143. The van der Waals surface area contributed by atoms with Crippen LogP contribution in [0.1, 0.15) is 5.69 Å². The molecule has 5 heteroatoms. The molecule has 1 aromatic rings. The van der Waals surface area contributed by atoms with E-state index in [9.17, 15) is 4.79 Å². The Labute approximate surface area is 83.2 Å². The van der Waals surface area contributed by atoms with Crippen LogP contribution in [0.4, 0.5) is 0 Å². The molecule has 0 atom stereocenters. The van der Waals surface area contributed by atoms with Gasteiger partial charge in [0.25, 0.3) is 0 Å². The van der Waals surface area contributed by atoms with Crippen molar-refractivity contribution in [3.63, 3.8) is 0 Å². The van der Waals surface area contributed by atoms with Gasteiger partial charge in [-0.3, -0.25) is 9.78 Å². The van der Waals surface area contributed by atoms with Gasteiger partial charge in [0.2, 0.25) is 5.91 Å². The Hall–Kier alpha value is -0.800. The van der Waals surface area contributed by atoms with E-state index < -0.39 is 0 Å². The van der Waals surface area contributed by atoms with E-state index in [0.29, 0.717) is 0 Å². The monoisotopic (exact) mass is 208 g/mol. The fourth-order valence-corrected chi connectivity index (χ4v) is 0.681. The van der Waals surface area contributed by atoms with Gasteiger partial charge < -0.3 is 5.73 Å². The Bertz CT molecular complexity index is 228. The maximum absolute atomic E-state index is 10.4. The molecule has 0 fully saturated rings. The molecule has 0 radical (unpaired) electrons. The lowest BCUT2D eigenvalue weighted by molar-refractivity contribution is -0.117. The molecule has 68 valence electrons. The van der Waals surface area contributed by atoms with Crippen LogP contribution in [0, 0.1) is 0 Å². The molecule has 0 saturated heterocycles. The topological polar surface area (TPSA) is 56.0 Å². The highest BCUT2D eigenvalue weighted by Crippen LogP contribution is 1.92. The normalized spacial score (nSPS) is 7.67. The quantitative estimate of drug-likeness (QED) is 0.788. The summed E-state index contributed by atoms with van der Waals surface area (Å²) in [6, 6.07) is 5.39. The zero-order chi connectivity index (χ0) is 7.40. The number of carbonyl (C=O) groups is 1. The van der Waals surface area contributed by atoms with Crippen LogP contribution in [0.25, 0.3) is 0 Å². The lowest BCUT2D eigenvalue weighted by Crippen LogP contribution is -2.14. The number of amides is 1. The predicted octanol–water partition coefficient (Wildman–Crippen LogP) is 0.953. The minimum Gasteiger partial charge on any atom is -0.369 e. The maximum atomic E-state index is 10.4. The smallest absolute Gasteiger partial charge is 0.223 e. The SMILES string of the molecule is Cl.Cl.NC(=O)Cc1ccccn1. The summed E-state index contributed by atoms with van der Waals surface area (Å²) in [5, 5.41) is 0. The Morgan fingerprint density at radius 3 is 2.50 bits per heavy atom. The van der Waals surface area contributed by atoms with Gasteiger partial charge in [-0.25, -0.2) is 0 Å². The summed E-state index contributed by atoms with van der Waals surface area (Å²) in [5.41, 5.74) is 5.66. The van der Waals surface area contributed by atoms with Gasteiger partial charge in [-0.1, -0.05) is 6.07 Å². The molecule has 12 heavy (non-hydrogen) atoms. The number of halogens is 2. The van der Waals surface area contributed by atoms with Gasteiger partial charge in [0.15, 0.2) is 0 Å². The molecule has 2 N–H and O–H groups in total. The molecule has 0 spiro atoms. The molecule has 0 bridgehead atoms. The Morgan fingerprint density at radius 2 is 2.08 bits per heavy atom. The lowest BCUT2D eigenvalue weighted by Gasteiger charge is -1.92. The molecular formula is C7H10Cl2N2O. The van der Waals surface area contributed by atoms with Crippen molar-refractivity contribution >= 4 is 30.7 Å². The Kier molecular flexibility index (Phi) is 7.90. The number of rotatable bonds is 2. The van der Waals surface area contributed by atoms with Gasteiger partial charge in [0.05, 0.1) is 6.42 Å². The second-order valence-electron chi connectivity index (χ2n) is 1.96. The highest BCUT2D eigenvalue weighted by atomic mass is 35.5. The van der Waals surface area contributed by atoms with Crippen LogP contribution >= 0.6 is 24.8 Å². The molecule has 0 aliphatic carbocycles. The van der Waals surface area contributed by atoms with Gasteiger partial charge in [-0.05, 0) is 12.1 Å². The highest BCUT2D eigenvalue weighted by molar-refractivity contribution is 5.85. The summed E-state index contributed by atoms with van der Waals surface area (Å²) in [6.07, 6.45) is 1.86. The Morgan fingerprint density at radius 1 is 1.42 bits per heavy atom. The van der Waals surface area contributed by atoms with E-state index in [1.165, 1.54) is 0 Å². The van der Waals surface area contributed by atoms with Crippen LogP contribution in [-0.2, 0) is 11.2 Å². The first-order valence-electron chi connectivity index (χ1n) is 2.97. The Balaban J connectivity index is 0. The lowest BCUT2D eigenvalue weighted by atomic mass is 10.3. The van der Waals surface area contributed by atoms with E-state index in [1.54, 1.807) is 18.3 Å². The fourth-order valence-electron chi connectivity index (χ4n) is 0.681. The number of primary amides is 1. The summed E-state index contributed by atoms with van der Waals surface area (Å²) < 4.78 is 0. The third-order valence-corrected chi connectivity index (χ3v) is 1.08. The van der Waals surface area contributed by atoms with Crippen LogP contribution in [0.2, 0.25) is 0 Å². The molecule has 1 heterocycles. The van der Waals surface area contributed by atoms with E-state index in [0.717, 1.165) is 5.69 Å². The second kappa shape index (κ2) is 6.88. The summed E-state index contributed by atoms with van der Waals surface area (Å²) >= 11 is 0. The summed E-state index contributed by atoms with van der Waals surface area (Å²) in [6.45, 7) is 0. The molecule has 0 aromatic carbocycles. The molecule has 0 aliphatic rings. The average Bonchev–Trinajstić information content (AvgIpc) is 1.88. The molecule has 1 aromatic heterocycles. The van der Waals surface area contributed by atoms with Crippen molar-refractivity contribution in [2.24, 2.45) is 5.73 Å². The van der Waals surface area contributed by atoms with Gasteiger partial charge in [0.1, 0.15) is 0 Å². The maximum Gasteiger partial charge on any atom is 0.223 e. The molecule has 1 rings (SSSR count). The molecular weight excluding hydrogens is 199 g/mol. The van der Waals surface area contributed by atoms with Crippen molar-refractivity contribution in [2.75, 3.05) is 0 Å². The highest BCUT2D eigenvalue weighted by Gasteiger charge is 1.95. The number of carbonyl (C=O) groups excluding carboxylic acids is 1. The first-order valence-corrected chi connectivity index (χ1v) is 2.97. The van der Waals surface area contributed by atoms with E-state index in [1.807, 2.05) is 6.07 Å². The minimum atomic E-state index is -0.348. The summed E-state index contributed by atoms with van der Waals surface area (Å²) in [5.74, 6) is -0.348. The van der Waals surface area contributed by atoms with Crippen LogP contribution in [0.5, 0.6) is 0 Å².